The molecular weight excluding hydrogens is 432 g/mol. The van der Waals surface area contributed by atoms with Gasteiger partial charge in [-0.15, -0.1) is 10.2 Å². The minimum Gasteiger partial charge on any atom is -0.345 e. The third kappa shape index (κ3) is 5.91. The zero-order valence-corrected chi connectivity index (χ0v) is 18.4. The van der Waals surface area contributed by atoms with Crippen LogP contribution >= 0.6 is 11.8 Å². The zero-order chi connectivity index (χ0) is 23.1. The Labute approximate surface area is 188 Å². The Balaban J connectivity index is 1.54. The number of nitrogens with zero attached hydrogens (tertiary/aromatic N) is 4. The van der Waals surface area contributed by atoms with E-state index >= 15 is 0 Å². The molecule has 32 heavy (non-hydrogen) atoms. The fraction of sp³-hybridized carbons (Fsp3) is 0.238. The standard InChI is InChI=1S/C21H22N6O4S/c1-3-26-18(12-22-20(29)15-6-4-14(2)5-7-15)24-25-21(26)32-13-19(28)23-16-8-10-17(11-9-16)27(30)31/h4-11H,3,12-13H2,1-2H3,(H,22,29)(H,23,28). The predicted molar refractivity (Wildman–Crippen MR) is 120 cm³/mol. The Morgan fingerprint density at radius 1 is 1.09 bits per heavy atom. The lowest BCUT2D eigenvalue weighted by Crippen LogP contribution is -2.24. The average molecular weight is 455 g/mol. The van der Waals surface area contributed by atoms with Gasteiger partial charge in [-0.25, -0.2) is 0 Å². The molecule has 0 fully saturated rings. The highest BCUT2D eigenvalue weighted by Crippen LogP contribution is 2.19. The molecule has 3 rings (SSSR count). The minimum absolute atomic E-state index is 0.0459. The van der Waals surface area contributed by atoms with Crippen LogP contribution in [0, 0.1) is 17.0 Å². The van der Waals surface area contributed by atoms with Gasteiger partial charge in [0.05, 0.1) is 17.2 Å². The number of nitrogens with one attached hydrogen (secondary N) is 2. The Morgan fingerprint density at radius 3 is 2.41 bits per heavy atom. The second kappa shape index (κ2) is 10.5. The van der Waals surface area contributed by atoms with Crippen LogP contribution < -0.4 is 10.6 Å². The van der Waals surface area contributed by atoms with E-state index in [0.717, 1.165) is 5.56 Å². The number of anilines is 1. The zero-order valence-electron chi connectivity index (χ0n) is 17.6. The molecule has 1 aromatic heterocycles. The van der Waals surface area contributed by atoms with E-state index in [4.69, 9.17) is 0 Å². The summed E-state index contributed by atoms with van der Waals surface area (Å²) >= 11 is 1.22. The molecule has 0 aliphatic carbocycles. The summed E-state index contributed by atoms with van der Waals surface area (Å²) in [5.41, 5.74) is 2.07. The predicted octanol–water partition coefficient (Wildman–Crippen LogP) is 3.18. The van der Waals surface area contributed by atoms with Gasteiger partial charge < -0.3 is 15.2 Å². The molecule has 0 radical (unpaired) electrons. The fourth-order valence-corrected chi connectivity index (χ4v) is 3.66. The number of carbonyl (C=O) groups excluding carboxylic acids is 2. The molecule has 0 saturated heterocycles. The van der Waals surface area contributed by atoms with Crippen LogP contribution in [0.2, 0.25) is 0 Å². The number of hydrogen-bond donors (Lipinski definition) is 2. The van der Waals surface area contributed by atoms with Crippen molar-refractivity contribution in [2.45, 2.75) is 32.1 Å². The monoisotopic (exact) mass is 454 g/mol. The number of rotatable bonds is 9. The number of nitro benzene ring substituents is 1. The first-order valence-corrected chi connectivity index (χ1v) is 10.8. The van der Waals surface area contributed by atoms with E-state index in [1.54, 1.807) is 12.1 Å². The molecule has 166 valence electrons. The smallest absolute Gasteiger partial charge is 0.269 e. The number of thioether (sulfide) groups is 1. The molecule has 0 unspecified atom stereocenters. The quantitative estimate of drug-likeness (QED) is 0.288. The molecule has 0 bridgehead atoms. The number of hydrogen-bond acceptors (Lipinski definition) is 7. The summed E-state index contributed by atoms with van der Waals surface area (Å²) in [5, 5.41) is 25.0. The van der Waals surface area contributed by atoms with Crippen molar-refractivity contribution in [2.24, 2.45) is 0 Å². The second-order valence-electron chi connectivity index (χ2n) is 6.83. The highest BCUT2D eigenvalue weighted by molar-refractivity contribution is 7.99. The van der Waals surface area contributed by atoms with Crippen LogP contribution in [0.15, 0.2) is 53.7 Å². The topological polar surface area (TPSA) is 132 Å². The van der Waals surface area contributed by atoms with Crippen LogP contribution in [0.4, 0.5) is 11.4 Å². The first kappa shape index (κ1) is 22.9. The van der Waals surface area contributed by atoms with Crippen LogP contribution in [0.1, 0.15) is 28.7 Å². The molecule has 3 aromatic rings. The number of nitro groups is 1. The number of carbonyl (C=O) groups is 2. The summed E-state index contributed by atoms with van der Waals surface area (Å²) in [7, 11) is 0. The maximum Gasteiger partial charge on any atom is 0.269 e. The van der Waals surface area contributed by atoms with Crippen LogP contribution in [0.25, 0.3) is 0 Å². The van der Waals surface area contributed by atoms with Crippen molar-refractivity contribution in [3.63, 3.8) is 0 Å². The molecule has 0 spiro atoms. The first-order valence-electron chi connectivity index (χ1n) is 9.81. The van der Waals surface area contributed by atoms with E-state index in [2.05, 4.69) is 20.8 Å². The van der Waals surface area contributed by atoms with Crippen molar-refractivity contribution in [3.8, 4) is 0 Å². The van der Waals surface area contributed by atoms with Crippen molar-refractivity contribution < 1.29 is 14.5 Å². The van der Waals surface area contributed by atoms with E-state index < -0.39 is 4.92 Å². The van der Waals surface area contributed by atoms with Gasteiger partial charge >= 0.3 is 0 Å². The summed E-state index contributed by atoms with van der Waals surface area (Å²) in [5.74, 6) is 0.201. The third-order valence-corrected chi connectivity index (χ3v) is 5.49. The van der Waals surface area contributed by atoms with Gasteiger partial charge in [0.25, 0.3) is 11.6 Å². The Bertz CT molecular complexity index is 1110. The number of benzene rings is 2. The lowest BCUT2D eigenvalue weighted by atomic mass is 10.1. The number of aromatic nitrogens is 3. The van der Waals surface area contributed by atoms with Crippen molar-refractivity contribution in [1.29, 1.82) is 0 Å². The van der Waals surface area contributed by atoms with Gasteiger partial charge in [0.1, 0.15) is 0 Å². The van der Waals surface area contributed by atoms with Crippen LogP contribution in [-0.4, -0.2) is 37.3 Å². The Morgan fingerprint density at radius 2 is 1.78 bits per heavy atom. The molecule has 0 saturated carbocycles. The summed E-state index contributed by atoms with van der Waals surface area (Å²) in [4.78, 5) is 34.7. The lowest BCUT2D eigenvalue weighted by molar-refractivity contribution is -0.384. The Kier molecular flexibility index (Phi) is 7.55. The number of aryl methyl sites for hydroxylation is 1. The van der Waals surface area contributed by atoms with Crippen LogP contribution in [-0.2, 0) is 17.9 Å². The van der Waals surface area contributed by atoms with Crippen LogP contribution in [0.3, 0.4) is 0 Å². The molecular formula is C21H22N6O4S. The first-order chi connectivity index (χ1) is 15.4. The van der Waals surface area contributed by atoms with Crippen molar-refractivity contribution in [3.05, 3.63) is 75.6 Å². The van der Waals surface area contributed by atoms with E-state index in [-0.39, 0.29) is 29.8 Å². The third-order valence-electron chi connectivity index (χ3n) is 4.52. The average Bonchev–Trinajstić information content (AvgIpc) is 3.18. The van der Waals surface area contributed by atoms with Gasteiger partial charge in [-0.2, -0.15) is 0 Å². The van der Waals surface area contributed by atoms with Gasteiger partial charge in [0.2, 0.25) is 5.91 Å². The highest BCUT2D eigenvalue weighted by atomic mass is 32.2. The molecule has 2 N–H and O–H groups in total. The molecule has 11 heteroatoms. The second-order valence-corrected chi connectivity index (χ2v) is 7.78. The molecule has 10 nitrogen and oxygen atoms in total. The van der Waals surface area contributed by atoms with E-state index in [1.807, 2.05) is 30.5 Å². The van der Waals surface area contributed by atoms with Gasteiger partial charge in [0.15, 0.2) is 11.0 Å². The van der Waals surface area contributed by atoms with Crippen LogP contribution in [0.5, 0.6) is 0 Å². The lowest BCUT2D eigenvalue weighted by Gasteiger charge is -2.09. The molecule has 0 atom stereocenters. The molecule has 0 aliphatic rings. The van der Waals surface area contributed by atoms with Gasteiger partial charge in [-0.1, -0.05) is 29.5 Å². The number of amides is 2. The normalized spacial score (nSPS) is 10.6. The molecule has 2 aromatic carbocycles. The molecule has 1 heterocycles. The maximum atomic E-state index is 12.3. The van der Waals surface area contributed by atoms with Gasteiger partial charge in [-0.05, 0) is 38.1 Å². The SMILES string of the molecule is CCn1c(CNC(=O)c2ccc(C)cc2)nnc1SCC(=O)Nc1ccc([N+](=O)[O-])cc1. The summed E-state index contributed by atoms with van der Waals surface area (Å²) in [6.07, 6.45) is 0. The van der Waals surface area contributed by atoms with E-state index in [1.165, 1.54) is 36.0 Å². The number of non-ortho nitro benzene ring substituents is 1. The summed E-state index contributed by atoms with van der Waals surface area (Å²) < 4.78 is 1.83. The van der Waals surface area contributed by atoms with Gasteiger partial charge in [0, 0.05) is 29.9 Å². The molecule has 0 aliphatic heterocycles. The highest BCUT2D eigenvalue weighted by Gasteiger charge is 2.15. The minimum atomic E-state index is -0.500. The fourth-order valence-electron chi connectivity index (χ4n) is 2.83. The van der Waals surface area contributed by atoms with E-state index in [0.29, 0.717) is 28.8 Å². The largest absolute Gasteiger partial charge is 0.345 e. The van der Waals surface area contributed by atoms with E-state index in [9.17, 15) is 19.7 Å². The molecule has 2 amide bonds. The van der Waals surface area contributed by atoms with Gasteiger partial charge in [-0.3, -0.25) is 19.7 Å². The Hall–Kier alpha value is -3.73. The van der Waals surface area contributed by atoms with Crippen molar-refractivity contribution >= 4 is 35.0 Å². The van der Waals surface area contributed by atoms with Crippen molar-refractivity contribution in [1.82, 2.24) is 20.1 Å². The summed E-state index contributed by atoms with van der Waals surface area (Å²) in [6, 6.07) is 12.9. The summed E-state index contributed by atoms with van der Waals surface area (Å²) in [6.45, 7) is 4.67. The van der Waals surface area contributed by atoms with Crippen molar-refractivity contribution in [2.75, 3.05) is 11.1 Å². The maximum absolute atomic E-state index is 12.3.